The molecule has 0 aliphatic carbocycles. The van der Waals surface area contributed by atoms with Crippen molar-refractivity contribution in [2.45, 2.75) is 43.3 Å². The molecule has 2 aromatic carbocycles. The van der Waals surface area contributed by atoms with Crippen molar-refractivity contribution >= 4 is 22.0 Å². The highest BCUT2D eigenvalue weighted by Crippen LogP contribution is 2.25. The van der Waals surface area contributed by atoms with Crippen molar-refractivity contribution in [1.82, 2.24) is 14.4 Å². The molecule has 1 atom stereocenters. The maximum Gasteiger partial charge on any atom is 0.267 e. The minimum Gasteiger partial charge on any atom is -0.379 e. The van der Waals surface area contributed by atoms with Gasteiger partial charge in [-0.3, -0.25) is 9.69 Å². The Morgan fingerprint density at radius 3 is 2.63 bits per heavy atom. The number of ether oxygens (including phenoxy) is 2. The molecule has 1 N–H and O–H groups in total. The summed E-state index contributed by atoms with van der Waals surface area (Å²) in [5.41, 5.74) is 5.98. The number of amides is 1. The van der Waals surface area contributed by atoms with Gasteiger partial charge in [-0.25, -0.2) is 22.7 Å². The summed E-state index contributed by atoms with van der Waals surface area (Å²) in [5.74, 6) is -0.453. The molecular formula is C31H37N3O6S. The maximum atomic E-state index is 13.4. The van der Waals surface area contributed by atoms with E-state index in [0.717, 1.165) is 80.1 Å². The van der Waals surface area contributed by atoms with Gasteiger partial charge in [-0.2, -0.15) is 0 Å². The van der Waals surface area contributed by atoms with Crippen molar-refractivity contribution in [3.8, 4) is 11.1 Å². The predicted molar refractivity (Wildman–Crippen MR) is 156 cm³/mol. The number of aryl methyl sites for hydroxylation is 1. The molecule has 2 aliphatic rings. The molecule has 3 aromatic rings. The molecule has 2 aliphatic heterocycles. The zero-order valence-electron chi connectivity index (χ0n) is 23.1. The average Bonchev–Trinajstić information content (AvgIpc) is 3.51. The number of hydroxylamine groups is 1. The van der Waals surface area contributed by atoms with Gasteiger partial charge in [-0.1, -0.05) is 36.4 Å². The lowest BCUT2D eigenvalue weighted by Gasteiger charge is -2.26. The third-order valence-corrected chi connectivity index (χ3v) is 8.92. The smallest absolute Gasteiger partial charge is 0.267 e. The van der Waals surface area contributed by atoms with E-state index < -0.39 is 22.2 Å². The highest BCUT2D eigenvalue weighted by atomic mass is 32.2. The largest absolute Gasteiger partial charge is 0.379 e. The van der Waals surface area contributed by atoms with Crippen molar-refractivity contribution in [1.29, 1.82) is 0 Å². The van der Waals surface area contributed by atoms with Crippen LogP contribution in [0, 0.1) is 0 Å². The fourth-order valence-electron chi connectivity index (χ4n) is 4.93. The van der Waals surface area contributed by atoms with Crippen LogP contribution in [0.5, 0.6) is 0 Å². The molecule has 2 fully saturated rings. The van der Waals surface area contributed by atoms with E-state index in [9.17, 15) is 13.2 Å². The third-order valence-electron chi connectivity index (χ3n) is 7.29. The number of hydrogen-bond acceptors (Lipinski definition) is 7. The first-order chi connectivity index (χ1) is 20.0. The molecule has 218 valence electrons. The molecule has 0 saturated carbocycles. The van der Waals surface area contributed by atoms with E-state index >= 15 is 0 Å². The number of benzene rings is 2. The minimum atomic E-state index is -3.82. The van der Waals surface area contributed by atoms with E-state index in [2.05, 4.69) is 22.5 Å². The normalized spacial score (nSPS) is 18.5. The summed E-state index contributed by atoms with van der Waals surface area (Å²) in [4.78, 5) is 20.0. The molecule has 1 aromatic heterocycles. The standard InChI is InChI=1S/C31H37N3O6S/c35-30(32-40-31-8-1-2-20-39-31)14-11-26-15-17-34(24-26)41(36,37)29-7-3-6-28(23-29)27-12-9-25(10-13-27)5-4-16-33-18-21-38-22-19-33/h3,6-7,9-15,17,23-24,31H,1-2,4-5,8,16,18-22H2,(H,32,35). The van der Waals surface area contributed by atoms with Gasteiger partial charge in [0.2, 0.25) is 0 Å². The molecule has 41 heavy (non-hydrogen) atoms. The van der Waals surface area contributed by atoms with Crippen LogP contribution < -0.4 is 5.48 Å². The highest BCUT2D eigenvalue weighted by Gasteiger charge is 2.18. The summed E-state index contributed by atoms with van der Waals surface area (Å²) in [7, 11) is -3.82. The Balaban J connectivity index is 1.17. The van der Waals surface area contributed by atoms with Crippen LogP contribution in [0.25, 0.3) is 17.2 Å². The van der Waals surface area contributed by atoms with Gasteiger partial charge in [0.05, 0.1) is 18.1 Å². The summed E-state index contributed by atoms with van der Waals surface area (Å²) in [5, 5.41) is 0. The van der Waals surface area contributed by atoms with Crippen molar-refractivity contribution in [3.05, 3.63) is 84.2 Å². The van der Waals surface area contributed by atoms with Crippen molar-refractivity contribution < 1.29 is 27.5 Å². The number of hydrogen-bond donors (Lipinski definition) is 1. The lowest BCUT2D eigenvalue weighted by atomic mass is 10.0. The van der Waals surface area contributed by atoms with Gasteiger partial charge < -0.3 is 9.47 Å². The molecule has 10 heteroatoms. The average molecular weight is 580 g/mol. The lowest BCUT2D eigenvalue weighted by Crippen LogP contribution is -2.36. The second-order valence-electron chi connectivity index (χ2n) is 10.3. The van der Waals surface area contributed by atoms with Crippen molar-refractivity contribution in [2.24, 2.45) is 0 Å². The molecule has 1 amide bonds. The number of morpholine rings is 1. The van der Waals surface area contributed by atoms with E-state index in [4.69, 9.17) is 14.3 Å². The monoisotopic (exact) mass is 579 g/mol. The van der Waals surface area contributed by atoms with Crippen LogP contribution in [-0.2, 0) is 35.5 Å². The van der Waals surface area contributed by atoms with Crippen LogP contribution in [0.3, 0.4) is 0 Å². The van der Waals surface area contributed by atoms with Crippen LogP contribution in [0.4, 0.5) is 0 Å². The lowest BCUT2D eigenvalue weighted by molar-refractivity contribution is -0.198. The SMILES string of the molecule is O=C(C=Cc1ccn(S(=O)(=O)c2cccc(-c3ccc(CCCN4CCOCC4)cc3)c2)c1)NOC1CCCCO1. The first kappa shape index (κ1) is 29.2. The summed E-state index contributed by atoms with van der Waals surface area (Å²) in [6, 6.07) is 16.9. The summed E-state index contributed by atoms with van der Waals surface area (Å²) < 4.78 is 38.7. The molecule has 0 radical (unpaired) electrons. The second kappa shape index (κ2) is 14.1. The minimum absolute atomic E-state index is 0.189. The number of nitrogens with zero attached hydrogens (tertiary/aromatic N) is 2. The zero-order chi connectivity index (χ0) is 28.5. The third kappa shape index (κ3) is 8.15. The fourth-order valence-corrected chi connectivity index (χ4v) is 6.18. The summed E-state index contributed by atoms with van der Waals surface area (Å²) in [6.07, 6.45) is 10.1. The number of carbonyl (C=O) groups excluding carboxylic acids is 1. The van der Waals surface area contributed by atoms with Gasteiger partial charge in [-0.05, 0) is 78.8 Å². The predicted octanol–water partition coefficient (Wildman–Crippen LogP) is 4.24. The van der Waals surface area contributed by atoms with E-state index in [-0.39, 0.29) is 4.90 Å². The van der Waals surface area contributed by atoms with Crippen LogP contribution in [0.1, 0.15) is 36.8 Å². The van der Waals surface area contributed by atoms with E-state index in [1.54, 1.807) is 24.3 Å². The zero-order valence-corrected chi connectivity index (χ0v) is 23.9. The molecule has 3 heterocycles. The number of aromatic nitrogens is 1. The van der Waals surface area contributed by atoms with Gasteiger partial charge in [-0.15, -0.1) is 0 Å². The van der Waals surface area contributed by atoms with Crippen LogP contribution in [-0.4, -0.2) is 68.9 Å². The molecule has 2 saturated heterocycles. The molecule has 0 bridgehead atoms. The Morgan fingerprint density at radius 2 is 1.85 bits per heavy atom. The van der Waals surface area contributed by atoms with Gasteiger partial charge in [0, 0.05) is 44.6 Å². The second-order valence-corrected chi connectivity index (χ2v) is 12.1. The number of nitrogens with one attached hydrogen (secondary N) is 1. The number of carbonyl (C=O) groups is 1. The van der Waals surface area contributed by atoms with Crippen LogP contribution >= 0.6 is 0 Å². The van der Waals surface area contributed by atoms with E-state index in [1.165, 1.54) is 30.1 Å². The van der Waals surface area contributed by atoms with E-state index in [0.29, 0.717) is 12.2 Å². The molecule has 5 rings (SSSR count). The van der Waals surface area contributed by atoms with Crippen LogP contribution in [0.2, 0.25) is 0 Å². The Labute approximate surface area is 241 Å². The first-order valence-electron chi connectivity index (χ1n) is 14.2. The summed E-state index contributed by atoms with van der Waals surface area (Å²) in [6.45, 7) is 5.32. The highest BCUT2D eigenvalue weighted by molar-refractivity contribution is 7.90. The van der Waals surface area contributed by atoms with Crippen LogP contribution in [0.15, 0.2) is 78.0 Å². The van der Waals surface area contributed by atoms with Gasteiger partial charge in [0.25, 0.3) is 15.9 Å². The van der Waals surface area contributed by atoms with Gasteiger partial charge >= 0.3 is 0 Å². The molecule has 1 unspecified atom stereocenters. The Bertz CT molecular complexity index is 1420. The Morgan fingerprint density at radius 1 is 1.02 bits per heavy atom. The Kier molecular flexibility index (Phi) is 10.0. The van der Waals surface area contributed by atoms with E-state index in [1.807, 2.05) is 18.2 Å². The maximum absolute atomic E-state index is 13.4. The molecular weight excluding hydrogens is 542 g/mol. The topological polar surface area (TPSA) is 99.1 Å². The van der Waals surface area contributed by atoms with Crippen molar-refractivity contribution in [3.63, 3.8) is 0 Å². The summed E-state index contributed by atoms with van der Waals surface area (Å²) >= 11 is 0. The van der Waals surface area contributed by atoms with Gasteiger partial charge in [0.15, 0.2) is 6.29 Å². The first-order valence-corrected chi connectivity index (χ1v) is 15.6. The van der Waals surface area contributed by atoms with Crippen molar-refractivity contribution in [2.75, 3.05) is 39.5 Å². The fraction of sp³-hybridized carbons (Fsp3) is 0.387. The molecule has 9 nitrogen and oxygen atoms in total. The Hall–Kier alpha value is -3.28. The number of rotatable bonds is 11. The quantitative estimate of drug-likeness (QED) is 0.268. The van der Waals surface area contributed by atoms with Gasteiger partial charge in [0.1, 0.15) is 0 Å². The molecule has 0 spiro atoms.